The Hall–Kier alpha value is -1.97. The van der Waals surface area contributed by atoms with E-state index in [2.05, 4.69) is 4.98 Å². The first-order valence-corrected chi connectivity index (χ1v) is 5.81. The number of carboxylic acids is 1. The summed E-state index contributed by atoms with van der Waals surface area (Å²) in [7, 11) is 1.60. The smallest absolute Gasteiger partial charge is 0.309 e. The van der Waals surface area contributed by atoms with Crippen molar-refractivity contribution < 1.29 is 14.6 Å². The van der Waals surface area contributed by atoms with Crippen LogP contribution in [-0.2, 0) is 11.2 Å². The van der Waals surface area contributed by atoms with Gasteiger partial charge in [-0.25, -0.2) is 0 Å². The van der Waals surface area contributed by atoms with E-state index in [0.717, 1.165) is 22.2 Å². The van der Waals surface area contributed by atoms with Crippen LogP contribution in [0.15, 0.2) is 24.4 Å². The third kappa shape index (κ3) is 2.18. The van der Waals surface area contributed by atoms with E-state index in [9.17, 15) is 9.90 Å². The molecule has 1 aromatic heterocycles. The number of rotatable bonds is 4. The summed E-state index contributed by atoms with van der Waals surface area (Å²) >= 11 is 0. The lowest BCUT2D eigenvalue weighted by molar-refractivity contribution is -0.146. The predicted octanol–water partition coefficient (Wildman–Crippen LogP) is 2.83. The molecule has 0 radical (unpaired) electrons. The van der Waals surface area contributed by atoms with E-state index < -0.39 is 11.4 Å². The van der Waals surface area contributed by atoms with Crippen LogP contribution < -0.4 is 4.74 Å². The van der Waals surface area contributed by atoms with Gasteiger partial charge in [0.05, 0.1) is 12.5 Å². The number of fused-ring (bicyclic) bond motifs is 1. The van der Waals surface area contributed by atoms with E-state index in [1.807, 2.05) is 24.4 Å². The molecule has 0 unspecified atom stereocenters. The molecule has 0 saturated heterocycles. The van der Waals surface area contributed by atoms with Gasteiger partial charge in [-0.05, 0) is 44.0 Å². The summed E-state index contributed by atoms with van der Waals surface area (Å²) in [6.45, 7) is 3.43. The highest BCUT2D eigenvalue weighted by Gasteiger charge is 2.28. The van der Waals surface area contributed by atoms with E-state index in [1.165, 1.54) is 0 Å². The van der Waals surface area contributed by atoms with E-state index in [1.54, 1.807) is 21.0 Å². The van der Waals surface area contributed by atoms with Gasteiger partial charge in [0.15, 0.2) is 0 Å². The number of carbonyl (C=O) groups is 1. The average molecular weight is 247 g/mol. The maximum absolute atomic E-state index is 11.2. The van der Waals surface area contributed by atoms with Crippen molar-refractivity contribution in [1.82, 2.24) is 4.98 Å². The first kappa shape index (κ1) is 12.5. The van der Waals surface area contributed by atoms with Crippen molar-refractivity contribution in [3.63, 3.8) is 0 Å². The fourth-order valence-corrected chi connectivity index (χ4v) is 2.00. The van der Waals surface area contributed by atoms with Gasteiger partial charge in [-0.3, -0.25) is 4.79 Å². The number of aromatic nitrogens is 1. The van der Waals surface area contributed by atoms with Crippen LogP contribution in [0.3, 0.4) is 0 Å². The number of benzene rings is 1. The van der Waals surface area contributed by atoms with Crippen LogP contribution in [0, 0.1) is 5.41 Å². The first-order chi connectivity index (χ1) is 8.44. The molecule has 0 aliphatic carbocycles. The van der Waals surface area contributed by atoms with Crippen molar-refractivity contribution in [2.45, 2.75) is 20.3 Å². The van der Waals surface area contributed by atoms with Crippen LogP contribution >= 0.6 is 0 Å². The lowest BCUT2D eigenvalue weighted by atomic mass is 9.85. The van der Waals surface area contributed by atoms with Gasteiger partial charge >= 0.3 is 5.97 Å². The number of nitrogens with one attached hydrogen (secondary N) is 1. The molecule has 1 aromatic carbocycles. The molecule has 0 fully saturated rings. The van der Waals surface area contributed by atoms with E-state index in [-0.39, 0.29) is 0 Å². The topological polar surface area (TPSA) is 62.3 Å². The minimum Gasteiger partial charge on any atom is -0.496 e. The van der Waals surface area contributed by atoms with Crippen molar-refractivity contribution in [1.29, 1.82) is 0 Å². The van der Waals surface area contributed by atoms with Gasteiger partial charge in [0.1, 0.15) is 5.75 Å². The largest absolute Gasteiger partial charge is 0.496 e. The highest BCUT2D eigenvalue weighted by Crippen LogP contribution is 2.31. The molecule has 0 aliphatic heterocycles. The second-order valence-corrected chi connectivity index (χ2v) is 5.09. The van der Waals surface area contributed by atoms with Crippen LogP contribution in [0.5, 0.6) is 5.75 Å². The van der Waals surface area contributed by atoms with Gasteiger partial charge in [-0.15, -0.1) is 0 Å². The van der Waals surface area contributed by atoms with E-state index in [0.29, 0.717) is 6.42 Å². The molecule has 0 atom stereocenters. The van der Waals surface area contributed by atoms with Crippen LogP contribution in [0.4, 0.5) is 0 Å². The zero-order chi connectivity index (χ0) is 13.3. The van der Waals surface area contributed by atoms with Crippen LogP contribution in [0.1, 0.15) is 19.4 Å². The number of ether oxygens (including phenoxy) is 1. The molecule has 18 heavy (non-hydrogen) atoms. The standard InChI is InChI=1S/C14H17NO3/c1-14(2,13(16)17)8-10-6-11-9(4-5-15-11)7-12(10)18-3/h4-7,15H,8H2,1-3H3,(H,16,17). The molecule has 0 saturated carbocycles. The quantitative estimate of drug-likeness (QED) is 0.873. The molecule has 0 bridgehead atoms. The van der Waals surface area contributed by atoms with Crippen molar-refractivity contribution in [3.05, 3.63) is 30.0 Å². The predicted molar refractivity (Wildman–Crippen MR) is 70.0 cm³/mol. The number of carboxylic acid groups (broad SMARTS) is 1. The Labute approximate surface area is 106 Å². The van der Waals surface area contributed by atoms with Gasteiger partial charge in [-0.1, -0.05) is 0 Å². The number of methoxy groups -OCH3 is 1. The van der Waals surface area contributed by atoms with Gasteiger partial charge in [0.2, 0.25) is 0 Å². The molecular formula is C14H17NO3. The van der Waals surface area contributed by atoms with Crippen molar-refractivity contribution in [2.24, 2.45) is 5.41 Å². The number of aromatic amines is 1. The van der Waals surface area contributed by atoms with E-state index >= 15 is 0 Å². The van der Waals surface area contributed by atoms with Gasteiger partial charge in [-0.2, -0.15) is 0 Å². The highest BCUT2D eigenvalue weighted by molar-refractivity contribution is 5.82. The monoisotopic (exact) mass is 247 g/mol. The molecule has 0 aliphatic rings. The molecule has 0 amide bonds. The average Bonchev–Trinajstić information content (AvgIpc) is 2.74. The summed E-state index contributed by atoms with van der Waals surface area (Å²) < 4.78 is 5.34. The normalized spacial score (nSPS) is 11.7. The fourth-order valence-electron chi connectivity index (χ4n) is 2.00. The Bertz CT molecular complexity index is 584. The molecule has 2 aromatic rings. The molecule has 2 rings (SSSR count). The number of hydrogen-bond donors (Lipinski definition) is 2. The highest BCUT2D eigenvalue weighted by atomic mass is 16.5. The van der Waals surface area contributed by atoms with Crippen LogP contribution in [-0.4, -0.2) is 23.2 Å². The van der Waals surface area contributed by atoms with Crippen molar-refractivity contribution in [3.8, 4) is 5.75 Å². The molecule has 4 heteroatoms. The summed E-state index contributed by atoms with van der Waals surface area (Å²) in [6, 6.07) is 5.85. The molecule has 1 heterocycles. The third-order valence-corrected chi connectivity index (χ3v) is 3.17. The zero-order valence-electron chi connectivity index (χ0n) is 10.8. The van der Waals surface area contributed by atoms with Crippen molar-refractivity contribution >= 4 is 16.9 Å². The zero-order valence-corrected chi connectivity index (χ0v) is 10.8. The first-order valence-electron chi connectivity index (χ1n) is 5.81. The van der Waals surface area contributed by atoms with Crippen LogP contribution in [0.2, 0.25) is 0 Å². The van der Waals surface area contributed by atoms with Crippen molar-refractivity contribution in [2.75, 3.05) is 7.11 Å². The Morgan fingerprint density at radius 1 is 1.44 bits per heavy atom. The van der Waals surface area contributed by atoms with Gasteiger partial charge < -0.3 is 14.8 Å². The SMILES string of the molecule is COc1cc2cc[nH]c2cc1CC(C)(C)C(=O)O. The Morgan fingerprint density at radius 3 is 2.78 bits per heavy atom. The van der Waals surface area contributed by atoms with Gasteiger partial charge in [0.25, 0.3) is 0 Å². The second-order valence-electron chi connectivity index (χ2n) is 5.09. The summed E-state index contributed by atoms with van der Waals surface area (Å²) in [5, 5.41) is 10.2. The summed E-state index contributed by atoms with van der Waals surface area (Å²) in [5.41, 5.74) is 1.08. The molecule has 2 N–H and O–H groups in total. The Morgan fingerprint density at radius 2 is 2.17 bits per heavy atom. The lowest BCUT2D eigenvalue weighted by Crippen LogP contribution is -2.26. The molecular weight excluding hydrogens is 230 g/mol. The summed E-state index contributed by atoms with van der Waals surface area (Å²) in [6.07, 6.45) is 2.29. The third-order valence-electron chi connectivity index (χ3n) is 3.17. The number of H-pyrrole nitrogens is 1. The Balaban J connectivity index is 2.45. The molecule has 4 nitrogen and oxygen atoms in total. The van der Waals surface area contributed by atoms with E-state index in [4.69, 9.17) is 4.74 Å². The number of aliphatic carboxylic acids is 1. The number of hydrogen-bond acceptors (Lipinski definition) is 2. The molecule has 96 valence electrons. The fraction of sp³-hybridized carbons (Fsp3) is 0.357. The van der Waals surface area contributed by atoms with Crippen LogP contribution in [0.25, 0.3) is 10.9 Å². The summed E-state index contributed by atoms with van der Waals surface area (Å²) in [4.78, 5) is 14.3. The minimum atomic E-state index is -0.812. The molecule has 0 spiro atoms. The maximum Gasteiger partial charge on any atom is 0.309 e. The second kappa shape index (κ2) is 4.37. The van der Waals surface area contributed by atoms with Gasteiger partial charge in [0, 0.05) is 17.1 Å². The lowest BCUT2D eigenvalue weighted by Gasteiger charge is -2.20. The minimum absolute atomic E-state index is 0.431. The maximum atomic E-state index is 11.2. The summed E-state index contributed by atoms with van der Waals surface area (Å²) in [5.74, 6) is -0.0763. The Kier molecular flexibility index (Phi) is 3.03.